The van der Waals surface area contributed by atoms with E-state index in [1.807, 2.05) is 19.1 Å². The lowest BCUT2D eigenvalue weighted by atomic mass is 9.98. The molecule has 0 radical (unpaired) electrons. The van der Waals surface area contributed by atoms with Crippen molar-refractivity contribution in [1.82, 2.24) is 15.3 Å². The molecule has 2 aromatic heterocycles. The van der Waals surface area contributed by atoms with Gasteiger partial charge in [0.1, 0.15) is 5.76 Å². The fourth-order valence-corrected chi connectivity index (χ4v) is 2.65. The molecule has 0 saturated heterocycles. The van der Waals surface area contributed by atoms with Gasteiger partial charge in [-0.15, -0.1) is 0 Å². The molecule has 2 heterocycles. The number of benzene rings is 1. The van der Waals surface area contributed by atoms with E-state index in [9.17, 15) is 4.79 Å². The Labute approximate surface area is 152 Å². The first-order valence-corrected chi connectivity index (χ1v) is 8.53. The van der Waals surface area contributed by atoms with Crippen LogP contribution in [0.2, 0.25) is 0 Å². The minimum atomic E-state index is -0.244. The highest BCUT2D eigenvalue weighted by atomic mass is 16.3. The molecule has 1 aromatic carbocycles. The van der Waals surface area contributed by atoms with Gasteiger partial charge in [-0.1, -0.05) is 32.0 Å². The summed E-state index contributed by atoms with van der Waals surface area (Å²) < 4.78 is 5.19. The van der Waals surface area contributed by atoms with Crippen molar-refractivity contribution in [3.8, 4) is 0 Å². The molecule has 0 aliphatic carbocycles. The Kier molecular flexibility index (Phi) is 5.31. The lowest BCUT2D eigenvalue weighted by molar-refractivity contribution is 0.0947. The Morgan fingerprint density at radius 3 is 2.58 bits per heavy atom. The molecule has 0 fully saturated rings. The Morgan fingerprint density at radius 2 is 1.92 bits per heavy atom. The zero-order valence-electron chi connectivity index (χ0n) is 15.1. The van der Waals surface area contributed by atoms with Crippen LogP contribution in [0, 0.1) is 6.92 Å². The number of hydrogen-bond donors (Lipinski definition) is 2. The Balaban J connectivity index is 1.69. The number of anilines is 2. The van der Waals surface area contributed by atoms with Gasteiger partial charge in [0.05, 0.1) is 18.4 Å². The van der Waals surface area contributed by atoms with E-state index in [1.54, 1.807) is 18.4 Å². The average Bonchev–Trinajstić information content (AvgIpc) is 3.15. The molecule has 3 aromatic rings. The molecule has 0 spiro atoms. The van der Waals surface area contributed by atoms with E-state index in [0.29, 0.717) is 29.7 Å². The van der Waals surface area contributed by atoms with E-state index < -0.39 is 0 Å². The second-order valence-electron chi connectivity index (χ2n) is 6.38. The fraction of sp³-hybridized carbons (Fsp3) is 0.250. The highest BCUT2D eigenvalue weighted by Crippen LogP contribution is 2.29. The quantitative estimate of drug-likeness (QED) is 0.697. The van der Waals surface area contributed by atoms with Gasteiger partial charge in [-0.25, -0.2) is 9.97 Å². The van der Waals surface area contributed by atoms with E-state index in [1.165, 1.54) is 18.0 Å². The summed E-state index contributed by atoms with van der Waals surface area (Å²) in [6.45, 7) is 6.66. The summed E-state index contributed by atoms with van der Waals surface area (Å²) in [7, 11) is 0. The Morgan fingerprint density at radius 1 is 1.15 bits per heavy atom. The normalized spacial score (nSPS) is 10.8. The minimum absolute atomic E-state index is 0.244. The van der Waals surface area contributed by atoms with E-state index in [0.717, 1.165) is 11.3 Å². The van der Waals surface area contributed by atoms with Gasteiger partial charge in [-0.05, 0) is 36.1 Å². The van der Waals surface area contributed by atoms with Gasteiger partial charge in [0.15, 0.2) is 0 Å². The van der Waals surface area contributed by atoms with Crippen LogP contribution in [-0.2, 0) is 6.54 Å². The third kappa shape index (κ3) is 4.08. The van der Waals surface area contributed by atoms with E-state index in [2.05, 4.69) is 40.5 Å². The number of para-hydroxylation sites is 1. The number of furan rings is 1. The lowest BCUT2D eigenvalue weighted by Crippen LogP contribution is -2.23. The van der Waals surface area contributed by atoms with Crippen LogP contribution in [0.1, 0.15) is 47.0 Å². The SMILES string of the molecule is Cc1cccc(C(C)C)c1Nc1ncc(C(=O)NCc2ccco2)cn1. The maximum atomic E-state index is 12.2. The smallest absolute Gasteiger partial charge is 0.254 e. The predicted octanol–water partition coefficient (Wildman–Crippen LogP) is 4.18. The highest BCUT2D eigenvalue weighted by molar-refractivity contribution is 5.93. The van der Waals surface area contributed by atoms with Crippen molar-refractivity contribution in [3.05, 3.63) is 71.4 Å². The first-order chi connectivity index (χ1) is 12.5. The van der Waals surface area contributed by atoms with Gasteiger partial charge in [0.2, 0.25) is 5.95 Å². The molecule has 0 aliphatic heterocycles. The summed E-state index contributed by atoms with van der Waals surface area (Å²) in [6.07, 6.45) is 4.60. The molecule has 0 atom stereocenters. The zero-order chi connectivity index (χ0) is 18.5. The van der Waals surface area contributed by atoms with E-state index >= 15 is 0 Å². The maximum Gasteiger partial charge on any atom is 0.254 e. The number of carbonyl (C=O) groups is 1. The molecular weight excluding hydrogens is 328 g/mol. The van der Waals surface area contributed by atoms with Crippen LogP contribution in [0.25, 0.3) is 0 Å². The summed E-state index contributed by atoms with van der Waals surface area (Å²) in [6, 6.07) is 9.77. The highest BCUT2D eigenvalue weighted by Gasteiger charge is 2.12. The monoisotopic (exact) mass is 350 g/mol. The fourth-order valence-electron chi connectivity index (χ4n) is 2.65. The third-order valence-corrected chi connectivity index (χ3v) is 4.08. The molecule has 1 amide bonds. The van der Waals surface area contributed by atoms with Crippen molar-refractivity contribution in [1.29, 1.82) is 0 Å². The minimum Gasteiger partial charge on any atom is -0.467 e. The van der Waals surface area contributed by atoms with Crippen molar-refractivity contribution >= 4 is 17.5 Å². The second kappa shape index (κ2) is 7.82. The number of hydrogen-bond acceptors (Lipinski definition) is 5. The molecule has 0 bridgehead atoms. The van der Waals surface area contributed by atoms with Crippen molar-refractivity contribution in [3.63, 3.8) is 0 Å². The van der Waals surface area contributed by atoms with Crippen LogP contribution < -0.4 is 10.6 Å². The molecule has 134 valence electrons. The maximum absolute atomic E-state index is 12.2. The number of rotatable bonds is 6. The van der Waals surface area contributed by atoms with Crippen LogP contribution in [0.3, 0.4) is 0 Å². The number of nitrogens with one attached hydrogen (secondary N) is 2. The first-order valence-electron chi connectivity index (χ1n) is 8.53. The summed E-state index contributed by atoms with van der Waals surface area (Å²) in [5, 5.41) is 6.04. The van der Waals surface area contributed by atoms with Crippen molar-refractivity contribution in [2.45, 2.75) is 33.2 Å². The summed E-state index contributed by atoms with van der Waals surface area (Å²) in [5.41, 5.74) is 3.74. The van der Waals surface area contributed by atoms with Gasteiger partial charge < -0.3 is 15.1 Å². The summed E-state index contributed by atoms with van der Waals surface area (Å²) in [5.74, 6) is 1.29. The number of aromatic nitrogens is 2. The zero-order valence-corrected chi connectivity index (χ0v) is 15.1. The second-order valence-corrected chi connectivity index (χ2v) is 6.38. The average molecular weight is 350 g/mol. The van der Waals surface area contributed by atoms with Crippen LogP contribution in [0.5, 0.6) is 0 Å². The molecule has 26 heavy (non-hydrogen) atoms. The van der Waals surface area contributed by atoms with Gasteiger partial charge in [0, 0.05) is 18.1 Å². The molecule has 2 N–H and O–H groups in total. The summed E-state index contributed by atoms with van der Waals surface area (Å²) in [4.78, 5) is 20.7. The number of aryl methyl sites for hydroxylation is 1. The van der Waals surface area contributed by atoms with E-state index in [4.69, 9.17) is 4.42 Å². The number of carbonyl (C=O) groups excluding carboxylic acids is 1. The van der Waals surface area contributed by atoms with Crippen LogP contribution in [0.15, 0.2) is 53.4 Å². The summed E-state index contributed by atoms with van der Waals surface area (Å²) >= 11 is 0. The van der Waals surface area contributed by atoms with Crippen molar-refractivity contribution in [2.24, 2.45) is 0 Å². The molecular formula is C20H22N4O2. The van der Waals surface area contributed by atoms with E-state index in [-0.39, 0.29) is 5.91 Å². The van der Waals surface area contributed by atoms with Crippen LogP contribution >= 0.6 is 0 Å². The van der Waals surface area contributed by atoms with Crippen LogP contribution in [-0.4, -0.2) is 15.9 Å². The Hall–Kier alpha value is -3.15. The van der Waals surface area contributed by atoms with Gasteiger partial charge >= 0.3 is 0 Å². The molecule has 0 aliphatic rings. The molecule has 6 nitrogen and oxygen atoms in total. The lowest BCUT2D eigenvalue weighted by Gasteiger charge is -2.16. The number of nitrogens with zero attached hydrogens (tertiary/aromatic N) is 2. The molecule has 6 heteroatoms. The van der Waals surface area contributed by atoms with Gasteiger partial charge in [-0.2, -0.15) is 0 Å². The standard InChI is InChI=1S/C20H22N4O2/c1-13(2)17-8-4-6-14(3)18(17)24-20-22-10-15(11-23-20)19(25)21-12-16-7-5-9-26-16/h4-11,13H,12H2,1-3H3,(H,21,25)(H,22,23,24). The Bertz CT molecular complexity index is 871. The molecule has 0 unspecified atom stereocenters. The molecule has 0 saturated carbocycles. The molecule has 3 rings (SSSR count). The topological polar surface area (TPSA) is 80.0 Å². The van der Waals surface area contributed by atoms with Crippen LogP contribution in [0.4, 0.5) is 11.6 Å². The van der Waals surface area contributed by atoms with Crippen molar-refractivity contribution < 1.29 is 9.21 Å². The van der Waals surface area contributed by atoms with Gasteiger partial charge in [0.25, 0.3) is 5.91 Å². The largest absolute Gasteiger partial charge is 0.467 e. The number of amides is 1. The van der Waals surface area contributed by atoms with Crippen molar-refractivity contribution in [2.75, 3.05) is 5.32 Å². The first kappa shape index (κ1) is 17.7. The third-order valence-electron chi connectivity index (χ3n) is 4.08. The van der Waals surface area contributed by atoms with Gasteiger partial charge in [-0.3, -0.25) is 4.79 Å². The predicted molar refractivity (Wildman–Crippen MR) is 100 cm³/mol.